The maximum atomic E-state index is 12.8. The molecule has 0 aliphatic rings. The van der Waals surface area contributed by atoms with Crippen LogP contribution in [-0.2, 0) is 11.2 Å². The van der Waals surface area contributed by atoms with Crippen LogP contribution >= 0.6 is 15.9 Å². The van der Waals surface area contributed by atoms with Gasteiger partial charge in [0.1, 0.15) is 0 Å². The van der Waals surface area contributed by atoms with Crippen molar-refractivity contribution in [3.05, 3.63) is 100 Å². The van der Waals surface area contributed by atoms with Crippen LogP contribution in [0.2, 0.25) is 0 Å². The molecule has 5 heteroatoms. The molecule has 4 nitrogen and oxygen atoms in total. The second kappa shape index (κ2) is 9.33. The van der Waals surface area contributed by atoms with Gasteiger partial charge in [-0.25, -0.2) is 0 Å². The molecule has 0 aliphatic heterocycles. The molecule has 28 heavy (non-hydrogen) atoms. The van der Waals surface area contributed by atoms with Crippen molar-refractivity contribution >= 4 is 33.4 Å². The van der Waals surface area contributed by atoms with Crippen molar-refractivity contribution in [2.24, 2.45) is 0 Å². The van der Waals surface area contributed by atoms with Crippen molar-refractivity contribution in [1.29, 1.82) is 0 Å². The minimum atomic E-state index is -0.227. The summed E-state index contributed by atoms with van der Waals surface area (Å²) >= 11 is 3.41. The van der Waals surface area contributed by atoms with Crippen LogP contribution in [0.25, 0.3) is 0 Å². The standard InChI is InChI=1S/C23H21BrN2O2/c1-16(18-9-3-2-4-10-18)25-23(28)20-12-5-6-13-21(20)26-22(27)15-17-8-7-11-19(24)14-17/h2-14,16H,15H2,1H3,(H,25,28)(H,26,27)/t16-/m0/s1. The van der Waals surface area contributed by atoms with Crippen LogP contribution in [0, 0.1) is 0 Å². The number of hydrogen-bond acceptors (Lipinski definition) is 2. The van der Waals surface area contributed by atoms with Gasteiger partial charge in [0.15, 0.2) is 0 Å². The molecule has 1 atom stereocenters. The Morgan fingerprint density at radius 3 is 2.39 bits per heavy atom. The predicted octanol–water partition coefficient (Wildman–Crippen LogP) is 5.12. The van der Waals surface area contributed by atoms with Crippen molar-refractivity contribution in [1.82, 2.24) is 5.32 Å². The topological polar surface area (TPSA) is 58.2 Å². The zero-order valence-electron chi connectivity index (χ0n) is 15.5. The van der Waals surface area contributed by atoms with Crippen LogP contribution in [-0.4, -0.2) is 11.8 Å². The fourth-order valence-electron chi connectivity index (χ4n) is 2.92. The number of halogens is 1. The number of anilines is 1. The molecule has 3 rings (SSSR count). The van der Waals surface area contributed by atoms with E-state index in [1.54, 1.807) is 24.3 Å². The average molecular weight is 437 g/mol. The van der Waals surface area contributed by atoms with E-state index in [4.69, 9.17) is 0 Å². The molecule has 0 aliphatic carbocycles. The molecule has 0 bridgehead atoms. The smallest absolute Gasteiger partial charge is 0.253 e. The molecule has 0 heterocycles. The quantitative estimate of drug-likeness (QED) is 0.563. The molecule has 0 saturated carbocycles. The zero-order chi connectivity index (χ0) is 19.9. The van der Waals surface area contributed by atoms with Crippen LogP contribution in [0.15, 0.2) is 83.3 Å². The molecule has 0 unspecified atom stereocenters. The number of amides is 2. The van der Waals surface area contributed by atoms with Gasteiger partial charge in [-0.1, -0.05) is 70.5 Å². The van der Waals surface area contributed by atoms with E-state index in [0.29, 0.717) is 11.3 Å². The third-order valence-electron chi connectivity index (χ3n) is 4.35. The van der Waals surface area contributed by atoms with Gasteiger partial charge in [0.05, 0.1) is 23.7 Å². The van der Waals surface area contributed by atoms with Crippen molar-refractivity contribution in [3.63, 3.8) is 0 Å². The highest BCUT2D eigenvalue weighted by Crippen LogP contribution is 2.19. The first kappa shape index (κ1) is 19.8. The molecule has 0 fully saturated rings. The minimum Gasteiger partial charge on any atom is -0.345 e. The van der Waals surface area contributed by atoms with E-state index < -0.39 is 0 Å². The molecule has 142 valence electrons. The van der Waals surface area contributed by atoms with E-state index in [0.717, 1.165) is 15.6 Å². The van der Waals surface area contributed by atoms with Gasteiger partial charge < -0.3 is 10.6 Å². The normalized spacial score (nSPS) is 11.5. The molecule has 2 N–H and O–H groups in total. The van der Waals surface area contributed by atoms with Crippen molar-refractivity contribution in [3.8, 4) is 0 Å². The summed E-state index contributed by atoms with van der Waals surface area (Å²) in [5.74, 6) is -0.399. The highest BCUT2D eigenvalue weighted by atomic mass is 79.9. The summed E-state index contributed by atoms with van der Waals surface area (Å²) in [6.07, 6.45) is 0.232. The van der Waals surface area contributed by atoms with Gasteiger partial charge in [-0.2, -0.15) is 0 Å². The summed E-state index contributed by atoms with van der Waals surface area (Å²) in [6, 6.07) is 24.2. The number of carbonyl (C=O) groups is 2. The van der Waals surface area contributed by atoms with Crippen LogP contribution < -0.4 is 10.6 Å². The number of carbonyl (C=O) groups excluding carboxylic acids is 2. The second-order valence-corrected chi connectivity index (χ2v) is 7.42. The van der Waals surface area contributed by atoms with Gasteiger partial charge in [-0.15, -0.1) is 0 Å². The first-order valence-electron chi connectivity index (χ1n) is 9.02. The number of rotatable bonds is 6. The number of hydrogen-bond donors (Lipinski definition) is 2. The second-order valence-electron chi connectivity index (χ2n) is 6.51. The SMILES string of the molecule is C[C@H](NC(=O)c1ccccc1NC(=O)Cc1cccc(Br)c1)c1ccccc1. The Bertz CT molecular complexity index is 973. The molecular formula is C23H21BrN2O2. The highest BCUT2D eigenvalue weighted by Gasteiger charge is 2.16. The van der Waals surface area contributed by atoms with Crippen LogP contribution in [0.4, 0.5) is 5.69 Å². The molecule has 0 spiro atoms. The fraction of sp³-hybridized carbons (Fsp3) is 0.130. The Balaban J connectivity index is 1.70. The summed E-state index contributed by atoms with van der Waals surface area (Å²) in [4.78, 5) is 25.2. The highest BCUT2D eigenvalue weighted by molar-refractivity contribution is 9.10. The first-order valence-corrected chi connectivity index (χ1v) is 9.81. The van der Waals surface area contributed by atoms with E-state index in [-0.39, 0.29) is 24.3 Å². The van der Waals surface area contributed by atoms with E-state index >= 15 is 0 Å². The molecule has 0 aromatic heterocycles. The lowest BCUT2D eigenvalue weighted by Gasteiger charge is -2.16. The van der Waals surface area contributed by atoms with Crippen LogP contribution in [0.3, 0.4) is 0 Å². The average Bonchev–Trinajstić information content (AvgIpc) is 2.69. The van der Waals surface area contributed by atoms with Gasteiger partial charge in [0.25, 0.3) is 5.91 Å². The minimum absolute atomic E-state index is 0.140. The monoisotopic (exact) mass is 436 g/mol. The van der Waals surface area contributed by atoms with Gasteiger partial charge in [0, 0.05) is 4.47 Å². The van der Waals surface area contributed by atoms with E-state index in [1.165, 1.54) is 0 Å². The summed E-state index contributed by atoms with van der Waals surface area (Å²) in [5.41, 5.74) is 2.85. The number of para-hydroxylation sites is 1. The van der Waals surface area contributed by atoms with Crippen molar-refractivity contribution < 1.29 is 9.59 Å². The van der Waals surface area contributed by atoms with Gasteiger partial charge in [-0.3, -0.25) is 9.59 Å². The zero-order valence-corrected chi connectivity index (χ0v) is 17.1. The Labute approximate surface area is 173 Å². The molecule has 3 aromatic carbocycles. The maximum absolute atomic E-state index is 12.8. The third kappa shape index (κ3) is 5.30. The summed E-state index contributed by atoms with van der Waals surface area (Å²) in [6.45, 7) is 1.93. The largest absolute Gasteiger partial charge is 0.345 e. The lowest BCUT2D eigenvalue weighted by Crippen LogP contribution is -2.28. The van der Waals surface area contributed by atoms with Crippen molar-refractivity contribution in [2.45, 2.75) is 19.4 Å². The van der Waals surface area contributed by atoms with Crippen LogP contribution in [0.5, 0.6) is 0 Å². The van der Waals surface area contributed by atoms with Crippen molar-refractivity contribution in [2.75, 3.05) is 5.32 Å². The lowest BCUT2D eigenvalue weighted by molar-refractivity contribution is -0.115. The molecule has 3 aromatic rings. The Morgan fingerprint density at radius 2 is 1.64 bits per heavy atom. The number of nitrogens with one attached hydrogen (secondary N) is 2. The summed E-state index contributed by atoms with van der Waals surface area (Å²) in [5, 5.41) is 5.84. The maximum Gasteiger partial charge on any atom is 0.253 e. The third-order valence-corrected chi connectivity index (χ3v) is 4.84. The van der Waals surface area contributed by atoms with E-state index in [9.17, 15) is 9.59 Å². The molecule has 2 amide bonds. The summed E-state index contributed by atoms with van der Waals surface area (Å²) < 4.78 is 0.924. The number of benzene rings is 3. The predicted molar refractivity (Wildman–Crippen MR) is 115 cm³/mol. The van der Waals surface area contributed by atoms with E-state index in [1.807, 2.05) is 61.5 Å². The molecular weight excluding hydrogens is 416 g/mol. The van der Waals surface area contributed by atoms with Gasteiger partial charge in [-0.05, 0) is 42.3 Å². The lowest BCUT2D eigenvalue weighted by atomic mass is 10.1. The fourth-order valence-corrected chi connectivity index (χ4v) is 3.36. The summed E-state index contributed by atoms with van der Waals surface area (Å²) in [7, 11) is 0. The van der Waals surface area contributed by atoms with Crippen LogP contribution in [0.1, 0.15) is 34.5 Å². The molecule has 0 saturated heterocycles. The van der Waals surface area contributed by atoms with Gasteiger partial charge in [0.2, 0.25) is 5.91 Å². The van der Waals surface area contributed by atoms with Gasteiger partial charge >= 0.3 is 0 Å². The van der Waals surface area contributed by atoms with E-state index in [2.05, 4.69) is 26.6 Å². The first-order chi connectivity index (χ1) is 13.5. The Morgan fingerprint density at radius 1 is 0.929 bits per heavy atom. The molecule has 0 radical (unpaired) electrons. The Hall–Kier alpha value is -2.92. The Kier molecular flexibility index (Phi) is 6.61.